The lowest BCUT2D eigenvalue weighted by atomic mass is 10.1. The zero-order chi connectivity index (χ0) is 14.5. The third-order valence-corrected chi connectivity index (χ3v) is 3.38. The van der Waals surface area contributed by atoms with E-state index in [9.17, 15) is 4.39 Å². The third kappa shape index (κ3) is 3.23. The molecule has 0 aliphatic carbocycles. The second-order valence-electron chi connectivity index (χ2n) is 4.90. The lowest BCUT2D eigenvalue weighted by molar-refractivity contribution is 0.543. The lowest BCUT2D eigenvalue weighted by Crippen LogP contribution is -2.19. The largest absolute Gasteiger partial charge is 0.306 e. The van der Waals surface area contributed by atoms with Gasteiger partial charge in [0.15, 0.2) is 0 Å². The fourth-order valence-electron chi connectivity index (χ4n) is 2.04. The molecule has 0 heterocycles. The van der Waals surface area contributed by atoms with Crippen molar-refractivity contribution in [1.29, 1.82) is 5.26 Å². The molecule has 0 radical (unpaired) electrons. The number of benzene rings is 2. The standard InChI is InChI=1S/C17H17FN2/c1-12-6-8-14(9-7-12)13(2)20-11-16-5-3-4-15(10-19)17(16)18/h3-9,13,20H,11H2,1-2H3. The first-order chi connectivity index (χ1) is 9.61. The van der Waals surface area contributed by atoms with Crippen LogP contribution in [0.1, 0.15) is 35.2 Å². The Balaban J connectivity index is 2.05. The molecule has 0 saturated carbocycles. The quantitative estimate of drug-likeness (QED) is 0.914. The van der Waals surface area contributed by atoms with E-state index in [-0.39, 0.29) is 11.6 Å². The van der Waals surface area contributed by atoms with Gasteiger partial charge in [0.25, 0.3) is 0 Å². The normalized spacial score (nSPS) is 11.9. The first-order valence-corrected chi connectivity index (χ1v) is 6.59. The first-order valence-electron chi connectivity index (χ1n) is 6.59. The Hall–Kier alpha value is -2.18. The van der Waals surface area contributed by atoms with Gasteiger partial charge in [-0.15, -0.1) is 0 Å². The van der Waals surface area contributed by atoms with Gasteiger partial charge in [0, 0.05) is 18.2 Å². The van der Waals surface area contributed by atoms with Crippen molar-refractivity contribution in [2.45, 2.75) is 26.4 Å². The average Bonchev–Trinajstić information content (AvgIpc) is 2.46. The maximum Gasteiger partial charge on any atom is 0.145 e. The van der Waals surface area contributed by atoms with Gasteiger partial charge in [0.05, 0.1) is 5.56 Å². The van der Waals surface area contributed by atoms with Crippen molar-refractivity contribution in [2.24, 2.45) is 0 Å². The minimum Gasteiger partial charge on any atom is -0.306 e. The molecule has 0 saturated heterocycles. The molecule has 3 heteroatoms. The van der Waals surface area contributed by atoms with Gasteiger partial charge >= 0.3 is 0 Å². The summed E-state index contributed by atoms with van der Waals surface area (Å²) in [4.78, 5) is 0. The summed E-state index contributed by atoms with van der Waals surface area (Å²) in [5, 5.41) is 12.1. The highest BCUT2D eigenvalue weighted by molar-refractivity contribution is 5.35. The van der Waals surface area contributed by atoms with Crippen LogP contribution in [0.15, 0.2) is 42.5 Å². The van der Waals surface area contributed by atoms with E-state index in [0.29, 0.717) is 12.1 Å². The van der Waals surface area contributed by atoms with Crippen LogP contribution < -0.4 is 5.32 Å². The van der Waals surface area contributed by atoms with Crippen molar-refractivity contribution in [3.63, 3.8) is 0 Å². The molecule has 0 amide bonds. The highest BCUT2D eigenvalue weighted by Crippen LogP contribution is 2.16. The van der Waals surface area contributed by atoms with Crippen LogP contribution in [0.4, 0.5) is 4.39 Å². The summed E-state index contributed by atoms with van der Waals surface area (Å²) in [6.07, 6.45) is 0. The molecule has 0 aromatic heterocycles. The minimum atomic E-state index is -0.432. The molecule has 0 fully saturated rings. The maximum atomic E-state index is 13.9. The number of rotatable bonds is 4. The molecule has 0 bridgehead atoms. The van der Waals surface area contributed by atoms with E-state index < -0.39 is 5.82 Å². The predicted octanol–water partition coefficient (Wildman–Crippen LogP) is 3.86. The number of nitrogens with one attached hydrogen (secondary N) is 1. The molecule has 1 atom stereocenters. The van der Waals surface area contributed by atoms with Gasteiger partial charge in [0.1, 0.15) is 11.9 Å². The molecular weight excluding hydrogens is 251 g/mol. The van der Waals surface area contributed by atoms with Gasteiger partial charge in [-0.2, -0.15) is 5.26 Å². The summed E-state index contributed by atoms with van der Waals surface area (Å²) in [6.45, 7) is 4.48. The molecule has 1 unspecified atom stereocenters. The van der Waals surface area contributed by atoms with E-state index in [1.54, 1.807) is 12.1 Å². The van der Waals surface area contributed by atoms with Crippen molar-refractivity contribution in [2.75, 3.05) is 0 Å². The third-order valence-electron chi connectivity index (χ3n) is 3.38. The molecule has 1 N–H and O–H groups in total. The topological polar surface area (TPSA) is 35.8 Å². The molecule has 2 aromatic carbocycles. The number of nitrogens with zero attached hydrogens (tertiary/aromatic N) is 1. The Morgan fingerprint density at radius 1 is 1.20 bits per heavy atom. The Bertz CT molecular complexity index is 626. The highest BCUT2D eigenvalue weighted by Gasteiger charge is 2.09. The van der Waals surface area contributed by atoms with Crippen molar-refractivity contribution in [3.05, 3.63) is 70.5 Å². The minimum absolute atomic E-state index is 0.0901. The number of hydrogen-bond donors (Lipinski definition) is 1. The van der Waals surface area contributed by atoms with E-state index in [0.717, 1.165) is 5.56 Å². The first kappa shape index (κ1) is 14.2. The molecule has 20 heavy (non-hydrogen) atoms. The van der Waals surface area contributed by atoms with Gasteiger partial charge < -0.3 is 5.32 Å². The Labute approximate surface area is 118 Å². The van der Waals surface area contributed by atoms with Gasteiger partial charge in [-0.05, 0) is 25.5 Å². The lowest BCUT2D eigenvalue weighted by Gasteiger charge is -2.15. The zero-order valence-electron chi connectivity index (χ0n) is 11.7. The highest BCUT2D eigenvalue weighted by atomic mass is 19.1. The van der Waals surface area contributed by atoms with Gasteiger partial charge in [-0.25, -0.2) is 4.39 Å². The summed E-state index contributed by atoms with van der Waals surface area (Å²) in [5.74, 6) is -0.432. The van der Waals surface area contributed by atoms with E-state index in [4.69, 9.17) is 5.26 Å². The van der Waals surface area contributed by atoms with Crippen LogP contribution in [0.5, 0.6) is 0 Å². The van der Waals surface area contributed by atoms with Crippen LogP contribution >= 0.6 is 0 Å². The monoisotopic (exact) mass is 268 g/mol. The van der Waals surface area contributed by atoms with Gasteiger partial charge in [0.2, 0.25) is 0 Å². The van der Waals surface area contributed by atoms with Crippen LogP contribution in [-0.2, 0) is 6.54 Å². The van der Waals surface area contributed by atoms with Crippen LogP contribution in [0, 0.1) is 24.1 Å². The van der Waals surface area contributed by atoms with E-state index in [1.165, 1.54) is 11.6 Å². The smallest absolute Gasteiger partial charge is 0.145 e. The Morgan fingerprint density at radius 3 is 2.55 bits per heavy atom. The van der Waals surface area contributed by atoms with Crippen LogP contribution in [-0.4, -0.2) is 0 Å². The van der Waals surface area contributed by atoms with E-state index in [1.807, 2.05) is 19.9 Å². The zero-order valence-corrected chi connectivity index (χ0v) is 11.7. The fraction of sp³-hybridized carbons (Fsp3) is 0.235. The van der Waals surface area contributed by atoms with Crippen molar-refractivity contribution in [1.82, 2.24) is 5.32 Å². The van der Waals surface area contributed by atoms with Crippen molar-refractivity contribution >= 4 is 0 Å². The van der Waals surface area contributed by atoms with Crippen LogP contribution in [0.2, 0.25) is 0 Å². The van der Waals surface area contributed by atoms with Crippen molar-refractivity contribution in [3.8, 4) is 6.07 Å². The number of aryl methyl sites for hydroxylation is 1. The molecule has 102 valence electrons. The van der Waals surface area contributed by atoms with E-state index in [2.05, 4.69) is 29.6 Å². The second-order valence-corrected chi connectivity index (χ2v) is 4.90. The SMILES string of the molecule is Cc1ccc(C(C)NCc2cccc(C#N)c2F)cc1. The maximum absolute atomic E-state index is 13.9. The molecule has 2 rings (SSSR count). The summed E-state index contributed by atoms with van der Waals surface area (Å²) in [5.41, 5.74) is 2.98. The molecule has 0 aliphatic rings. The molecule has 0 spiro atoms. The number of nitriles is 1. The van der Waals surface area contributed by atoms with E-state index >= 15 is 0 Å². The van der Waals surface area contributed by atoms with Crippen LogP contribution in [0.25, 0.3) is 0 Å². The predicted molar refractivity (Wildman–Crippen MR) is 77.5 cm³/mol. The molecule has 0 aliphatic heterocycles. The molecule has 2 aromatic rings. The number of hydrogen-bond acceptors (Lipinski definition) is 2. The summed E-state index contributed by atoms with van der Waals surface area (Å²) >= 11 is 0. The summed E-state index contributed by atoms with van der Waals surface area (Å²) in [6, 6.07) is 15.1. The Morgan fingerprint density at radius 2 is 1.90 bits per heavy atom. The number of halogens is 1. The van der Waals surface area contributed by atoms with Crippen LogP contribution in [0.3, 0.4) is 0 Å². The van der Waals surface area contributed by atoms with Gasteiger partial charge in [-0.3, -0.25) is 0 Å². The molecule has 2 nitrogen and oxygen atoms in total. The molecular formula is C17H17FN2. The summed E-state index contributed by atoms with van der Waals surface area (Å²) < 4.78 is 13.9. The Kier molecular flexibility index (Phi) is 4.49. The average molecular weight is 268 g/mol. The second kappa shape index (κ2) is 6.31. The van der Waals surface area contributed by atoms with Gasteiger partial charge in [-0.1, -0.05) is 42.0 Å². The summed E-state index contributed by atoms with van der Waals surface area (Å²) in [7, 11) is 0. The van der Waals surface area contributed by atoms with Crippen molar-refractivity contribution < 1.29 is 4.39 Å². The fourth-order valence-corrected chi connectivity index (χ4v) is 2.04.